The number of carbonyl (C=O) groups is 3. The molecule has 3 unspecified atom stereocenters. The highest BCUT2D eigenvalue weighted by Crippen LogP contribution is 2.77. The van der Waals surface area contributed by atoms with E-state index in [2.05, 4.69) is 53.4 Å². The van der Waals surface area contributed by atoms with E-state index in [4.69, 9.17) is 9.84 Å². The van der Waals surface area contributed by atoms with E-state index in [-0.39, 0.29) is 57.4 Å². The molecule has 0 saturated heterocycles. The van der Waals surface area contributed by atoms with Crippen molar-refractivity contribution in [1.82, 2.24) is 5.32 Å². The molecule has 0 radical (unpaired) electrons. The lowest BCUT2D eigenvalue weighted by Gasteiger charge is -2.72. The molecular formula is C46H77NO7. The molecule has 8 nitrogen and oxygen atoms in total. The van der Waals surface area contributed by atoms with E-state index >= 15 is 0 Å². The number of nitrogens with one attached hydrogen (secondary N) is 1. The van der Waals surface area contributed by atoms with E-state index in [0.29, 0.717) is 49.0 Å². The van der Waals surface area contributed by atoms with Crippen LogP contribution in [0.5, 0.6) is 0 Å². The van der Waals surface area contributed by atoms with Crippen LogP contribution in [0.2, 0.25) is 0 Å². The Morgan fingerprint density at radius 1 is 0.833 bits per heavy atom. The van der Waals surface area contributed by atoms with Crippen molar-refractivity contribution in [3.63, 3.8) is 0 Å². The number of hydrogen-bond donors (Lipinski definition) is 4. The summed E-state index contributed by atoms with van der Waals surface area (Å²) in [6, 6.07) is 0. The quantitative estimate of drug-likeness (QED) is 0.0701. The van der Waals surface area contributed by atoms with E-state index < -0.39 is 24.6 Å². The summed E-state index contributed by atoms with van der Waals surface area (Å²) in [5.74, 6) is 1.37. The van der Waals surface area contributed by atoms with Gasteiger partial charge in [0.25, 0.3) is 0 Å². The van der Waals surface area contributed by atoms with Gasteiger partial charge in [0.05, 0.1) is 17.9 Å². The zero-order valence-electron chi connectivity index (χ0n) is 35.3. The van der Waals surface area contributed by atoms with Crippen molar-refractivity contribution >= 4 is 17.8 Å². The molecule has 1 amide bonds. The lowest BCUT2D eigenvalue weighted by atomic mass is 9.32. The minimum Gasteiger partial charge on any atom is -0.481 e. The third-order valence-electron chi connectivity index (χ3n) is 17.1. The number of hydrogen-bond acceptors (Lipinski definition) is 6. The SMILES string of the molecule is C=C(C)[C@@H]1CCC2(C(=O)NCCCCCCCC(=O)OC(CC(C)C)[C@@H](O)CC(=O)O)CC[C@]3(C)[C@H](CCC4[C@@]5(C)CC[C@H](O)C(C)(C)[C@@H]5CC[C@]43C)[C@@H]12. The number of carbonyl (C=O) groups excluding carboxylic acids is 2. The summed E-state index contributed by atoms with van der Waals surface area (Å²) in [6.45, 7) is 23.8. The van der Waals surface area contributed by atoms with Crippen molar-refractivity contribution in [1.29, 1.82) is 0 Å². The standard InChI is InChI=1S/C46H77NO7/c1-29(2)27-34(33(48)28-38(50)51)54-39(52)15-13-11-10-12-14-26-47-41(53)46-23-18-31(30(3)4)40(46)32-16-17-36-43(7)21-20-37(49)42(5,6)35(43)19-22-45(36,9)44(32,8)24-25-46/h29,31-37,40,48-49H,3,10-28H2,1-2,4-9H3,(H,47,53)(H,50,51)/t31-,32+,33-,34?,35-,36?,37-,40+,43-,44+,45+,46?/m0/s1. The Labute approximate surface area is 327 Å². The first kappa shape index (κ1) is 43.2. The van der Waals surface area contributed by atoms with E-state index in [1.807, 2.05) is 13.8 Å². The third kappa shape index (κ3) is 7.83. The van der Waals surface area contributed by atoms with Gasteiger partial charge in [-0.05, 0) is 148 Å². The number of aliphatic hydroxyl groups is 2. The summed E-state index contributed by atoms with van der Waals surface area (Å²) < 4.78 is 5.50. The summed E-state index contributed by atoms with van der Waals surface area (Å²) >= 11 is 0. The predicted molar refractivity (Wildman–Crippen MR) is 213 cm³/mol. The van der Waals surface area contributed by atoms with Crippen LogP contribution in [-0.4, -0.2) is 58.0 Å². The molecule has 8 heteroatoms. The van der Waals surface area contributed by atoms with Crippen LogP contribution in [0.15, 0.2) is 12.2 Å². The van der Waals surface area contributed by atoms with E-state index in [1.165, 1.54) is 31.3 Å². The van der Waals surface area contributed by atoms with Crippen LogP contribution in [0.4, 0.5) is 0 Å². The number of rotatable bonds is 16. The molecular weight excluding hydrogens is 679 g/mol. The third-order valence-corrected chi connectivity index (χ3v) is 17.1. The van der Waals surface area contributed by atoms with Crippen molar-refractivity contribution in [3.8, 4) is 0 Å². The molecule has 0 aromatic heterocycles. The molecule has 54 heavy (non-hydrogen) atoms. The van der Waals surface area contributed by atoms with Gasteiger partial charge in [0.15, 0.2) is 0 Å². The molecule has 0 spiro atoms. The van der Waals surface area contributed by atoms with Crippen LogP contribution in [0, 0.1) is 62.6 Å². The van der Waals surface area contributed by atoms with Crippen molar-refractivity contribution in [3.05, 3.63) is 12.2 Å². The zero-order valence-corrected chi connectivity index (χ0v) is 35.3. The minimum atomic E-state index is -1.21. The van der Waals surface area contributed by atoms with E-state index in [1.54, 1.807) is 0 Å². The fourth-order valence-electron chi connectivity index (χ4n) is 14.1. The Morgan fingerprint density at radius 2 is 1.52 bits per heavy atom. The largest absolute Gasteiger partial charge is 0.481 e. The van der Waals surface area contributed by atoms with Crippen LogP contribution in [0.3, 0.4) is 0 Å². The first-order chi connectivity index (χ1) is 25.2. The van der Waals surface area contributed by atoms with Crippen molar-refractivity contribution in [2.45, 2.75) is 189 Å². The molecule has 0 bridgehead atoms. The minimum absolute atomic E-state index is 0.0513. The number of amides is 1. The number of allylic oxidation sites excluding steroid dienone is 1. The van der Waals surface area contributed by atoms with Crippen LogP contribution in [0.25, 0.3) is 0 Å². The van der Waals surface area contributed by atoms with Crippen LogP contribution >= 0.6 is 0 Å². The zero-order chi connectivity index (χ0) is 39.9. The molecule has 12 atom stereocenters. The Hall–Kier alpha value is -1.93. The summed E-state index contributed by atoms with van der Waals surface area (Å²) in [7, 11) is 0. The van der Waals surface area contributed by atoms with Gasteiger partial charge in [-0.1, -0.05) is 79.9 Å². The molecule has 308 valence electrons. The first-order valence-electron chi connectivity index (χ1n) is 22.0. The first-order valence-corrected chi connectivity index (χ1v) is 22.0. The van der Waals surface area contributed by atoms with Crippen LogP contribution < -0.4 is 5.32 Å². The maximum Gasteiger partial charge on any atom is 0.306 e. The van der Waals surface area contributed by atoms with Gasteiger partial charge in [0.1, 0.15) is 12.2 Å². The molecule has 4 N–H and O–H groups in total. The molecule has 0 aliphatic heterocycles. The molecule has 5 aliphatic carbocycles. The topological polar surface area (TPSA) is 133 Å². The molecule has 5 saturated carbocycles. The fraction of sp³-hybridized carbons (Fsp3) is 0.891. The van der Waals surface area contributed by atoms with Crippen molar-refractivity contribution < 1.29 is 34.4 Å². The molecule has 5 fully saturated rings. The second-order valence-corrected chi connectivity index (χ2v) is 20.8. The normalized spacial score (nSPS) is 39.3. The van der Waals surface area contributed by atoms with Gasteiger partial charge in [-0.3, -0.25) is 14.4 Å². The number of aliphatic hydroxyl groups excluding tert-OH is 2. The van der Waals surface area contributed by atoms with Crippen LogP contribution in [0.1, 0.15) is 171 Å². The lowest BCUT2D eigenvalue weighted by molar-refractivity contribution is -0.246. The lowest BCUT2D eigenvalue weighted by Crippen LogP contribution is -2.67. The average Bonchev–Trinajstić information content (AvgIpc) is 3.49. The smallest absolute Gasteiger partial charge is 0.306 e. The predicted octanol–water partition coefficient (Wildman–Crippen LogP) is 9.26. The summed E-state index contributed by atoms with van der Waals surface area (Å²) in [5.41, 5.74) is 1.52. The summed E-state index contributed by atoms with van der Waals surface area (Å²) in [4.78, 5) is 38.0. The van der Waals surface area contributed by atoms with Gasteiger partial charge in [-0.2, -0.15) is 0 Å². The fourth-order valence-corrected chi connectivity index (χ4v) is 14.1. The second kappa shape index (κ2) is 16.5. The van der Waals surface area contributed by atoms with Gasteiger partial charge < -0.3 is 25.4 Å². The number of aliphatic carboxylic acids is 1. The number of esters is 1. The number of unbranched alkanes of at least 4 members (excludes halogenated alkanes) is 4. The van der Waals surface area contributed by atoms with Gasteiger partial charge in [0.2, 0.25) is 5.91 Å². The Morgan fingerprint density at radius 3 is 2.19 bits per heavy atom. The molecule has 0 aromatic rings. The highest BCUT2D eigenvalue weighted by atomic mass is 16.6. The Balaban J connectivity index is 1.15. The highest BCUT2D eigenvalue weighted by Gasteiger charge is 2.71. The Bertz CT molecular complexity index is 1380. The van der Waals surface area contributed by atoms with Gasteiger partial charge in [-0.25, -0.2) is 0 Å². The second-order valence-electron chi connectivity index (χ2n) is 20.8. The molecule has 0 heterocycles. The summed E-state index contributed by atoms with van der Waals surface area (Å²) in [6.07, 6.45) is 13.4. The number of carboxylic acids is 1. The summed E-state index contributed by atoms with van der Waals surface area (Å²) in [5, 5.41) is 33.8. The van der Waals surface area contributed by atoms with Gasteiger partial charge >= 0.3 is 11.9 Å². The highest BCUT2D eigenvalue weighted by molar-refractivity contribution is 5.84. The maximum atomic E-state index is 14.5. The van der Waals surface area contributed by atoms with Crippen LogP contribution in [-0.2, 0) is 19.1 Å². The molecule has 5 aliphatic rings. The maximum absolute atomic E-state index is 14.5. The van der Waals surface area contributed by atoms with Crippen molar-refractivity contribution in [2.75, 3.05) is 6.54 Å². The number of ether oxygens (including phenoxy) is 1. The number of carboxylic acid groups (broad SMARTS) is 1. The van der Waals surface area contributed by atoms with E-state index in [0.717, 1.165) is 64.2 Å². The monoisotopic (exact) mass is 756 g/mol. The Kier molecular flexibility index (Phi) is 13.2. The van der Waals surface area contributed by atoms with Crippen molar-refractivity contribution in [2.24, 2.45) is 62.6 Å². The van der Waals surface area contributed by atoms with E-state index in [9.17, 15) is 24.6 Å². The van der Waals surface area contributed by atoms with Gasteiger partial charge in [0, 0.05) is 13.0 Å². The molecule has 5 rings (SSSR count). The molecule has 0 aromatic carbocycles. The average molecular weight is 756 g/mol. The van der Waals surface area contributed by atoms with Gasteiger partial charge in [-0.15, -0.1) is 0 Å². The number of fused-ring (bicyclic) bond motifs is 7.